The van der Waals surface area contributed by atoms with Gasteiger partial charge in [0.2, 0.25) is 0 Å². The minimum atomic E-state index is -0.599. The third-order valence-electron chi connectivity index (χ3n) is 4.35. The lowest BCUT2D eigenvalue weighted by molar-refractivity contribution is -0.142. The summed E-state index contributed by atoms with van der Waals surface area (Å²) in [5.41, 5.74) is 1.91. The second kappa shape index (κ2) is 8.64. The van der Waals surface area contributed by atoms with Crippen LogP contribution in [0.15, 0.2) is 30.5 Å². The number of rotatable bonds is 7. The second-order valence-electron chi connectivity index (χ2n) is 6.15. The van der Waals surface area contributed by atoms with Crippen LogP contribution in [0.2, 0.25) is 0 Å². The molecule has 0 saturated carbocycles. The molecule has 2 N–H and O–H groups in total. The topological polar surface area (TPSA) is 111 Å². The van der Waals surface area contributed by atoms with Gasteiger partial charge in [0.1, 0.15) is 11.5 Å². The number of ether oxygens (including phenoxy) is 3. The smallest absolute Gasteiger partial charge is 0.340 e. The molecule has 0 saturated heterocycles. The van der Waals surface area contributed by atoms with Crippen molar-refractivity contribution in [2.75, 3.05) is 20.3 Å². The number of carbonyl (C=O) groups excluding carboxylic acids is 2. The number of nitrogens with zero attached hydrogens (tertiary/aromatic N) is 1. The number of hydrogen-bond acceptors (Lipinski definition) is 7. The van der Waals surface area contributed by atoms with Gasteiger partial charge in [0.25, 0.3) is 0 Å². The lowest BCUT2D eigenvalue weighted by Gasteiger charge is -2.10. The number of fused-ring (bicyclic) bond motifs is 1. The van der Waals surface area contributed by atoms with Gasteiger partial charge in [0, 0.05) is 16.6 Å². The largest absolute Gasteiger partial charge is 0.507 e. The molecular weight excluding hydrogens is 376 g/mol. The Bertz CT molecular complexity index is 1040. The predicted molar refractivity (Wildman–Crippen MR) is 106 cm³/mol. The molecule has 0 amide bonds. The third kappa shape index (κ3) is 4.01. The summed E-state index contributed by atoms with van der Waals surface area (Å²) in [5.74, 6) is -0.568. The Morgan fingerprint density at radius 1 is 1.10 bits per heavy atom. The highest BCUT2D eigenvalue weighted by molar-refractivity contribution is 6.12. The Morgan fingerprint density at radius 3 is 2.48 bits per heavy atom. The van der Waals surface area contributed by atoms with Crippen molar-refractivity contribution in [1.82, 2.24) is 9.97 Å². The van der Waals surface area contributed by atoms with E-state index in [-0.39, 0.29) is 30.9 Å². The number of carbonyl (C=O) groups is 2. The lowest BCUT2D eigenvalue weighted by atomic mass is 10.00. The van der Waals surface area contributed by atoms with Gasteiger partial charge >= 0.3 is 11.9 Å². The zero-order chi connectivity index (χ0) is 21.0. The number of nitrogens with one attached hydrogen (secondary N) is 1. The maximum absolute atomic E-state index is 12.8. The first-order chi connectivity index (χ1) is 14.0. The quantitative estimate of drug-likeness (QED) is 0.588. The number of H-pyrrole nitrogens is 1. The fourth-order valence-electron chi connectivity index (χ4n) is 3.16. The van der Waals surface area contributed by atoms with E-state index in [0.29, 0.717) is 33.6 Å². The molecule has 3 rings (SSSR count). The van der Waals surface area contributed by atoms with E-state index in [4.69, 9.17) is 14.2 Å². The summed E-state index contributed by atoms with van der Waals surface area (Å²) in [5, 5.41) is 11.0. The number of aromatic nitrogens is 2. The molecule has 29 heavy (non-hydrogen) atoms. The summed E-state index contributed by atoms with van der Waals surface area (Å²) in [6.45, 7) is 3.80. The van der Waals surface area contributed by atoms with Crippen molar-refractivity contribution in [3.05, 3.63) is 41.7 Å². The Kier molecular flexibility index (Phi) is 6.01. The zero-order valence-electron chi connectivity index (χ0n) is 16.4. The molecule has 0 aliphatic carbocycles. The lowest BCUT2D eigenvalue weighted by Crippen LogP contribution is -2.13. The van der Waals surface area contributed by atoms with Crippen molar-refractivity contribution in [2.24, 2.45) is 0 Å². The Balaban J connectivity index is 2.25. The van der Waals surface area contributed by atoms with Gasteiger partial charge in [0.15, 0.2) is 0 Å². The van der Waals surface area contributed by atoms with E-state index in [1.54, 1.807) is 32.0 Å². The van der Waals surface area contributed by atoms with E-state index in [0.717, 1.165) is 0 Å². The number of pyridine rings is 1. The molecule has 8 nitrogen and oxygen atoms in total. The number of benzene rings is 1. The monoisotopic (exact) mass is 398 g/mol. The molecule has 0 radical (unpaired) electrons. The number of aromatic hydroxyl groups is 1. The summed E-state index contributed by atoms with van der Waals surface area (Å²) in [6, 6.07) is 6.52. The molecule has 0 spiro atoms. The van der Waals surface area contributed by atoms with E-state index in [2.05, 4.69) is 9.97 Å². The van der Waals surface area contributed by atoms with Gasteiger partial charge in [-0.15, -0.1) is 0 Å². The second-order valence-corrected chi connectivity index (χ2v) is 6.15. The molecule has 0 aliphatic rings. The van der Waals surface area contributed by atoms with Crippen LogP contribution in [0.5, 0.6) is 11.5 Å². The predicted octanol–water partition coefficient (Wildman–Crippen LogP) is 3.23. The van der Waals surface area contributed by atoms with Crippen LogP contribution in [-0.2, 0) is 20.7 Å². The number of phenolic OH excluding ortho intramolecular Hbond substituents is 1. The maximum Gasteiger partial charge on any atom is 0.340 e. The molecule has 0 bridgehead atoms. The van der Waals surface area contributed by atoms with Crippen LogP contribution in [0, 0.1) is 0 Å². The van der Waals surface area contributed by atoms with Crippen molar-refractivity contribution < 1.29 is 28.9 Å². The van der Waals surface area contributed by atoms with E-state index >= 15 is 0 Å². The van der Waals surface area contributed by atoms with Crippen LogP contribution in [0.3, 0.4) is 0 Å². The molecule has 1 aromatic carbocycles. The van der Waals surface area contributed by atoms with Crippen molar-refractivity contribution in [2.45, 2.75) is 20.3 Å². The third-order valence-corrected chi connectivity index (χ3v) is 4.35. The van der Waals surface area contributed by atoms with Crippen LogP contribution in [0.1, 0.15) is 29.9 Å². The van der Waals surface area contributed by atoms with Crippen LogP contribution < -0.4 is 4.74 Å². The van der Waals surface area contributed by atoms with Gasteiger partial charge in [-0.2, -0.15) is 0 Å². The molecule has 3 aromatic rings. The van der Waals surface area contributed by atoms with E-state index < -0.39 is 11.9 Å². The minimum Gasteiger partial charge on any atom is -0.507 e. The van der Waals surface area contributed by atoms with Crippen LogP contribution >= 0.6 is 0 Å². The standard InChI is InChI=1S/C21H22N2O6/c1-4-28-17(25)10-15-20(21(26)29-5-2)19-14(23-15)8-9-16(24)18(19)13-7-6-12(27-3)11-22-13/h6-9,11,23-24H,4-5,10H2,1-3H3. The summed E-state index contributed by atoms with van der Waals surface area (Å²) < 4.78 is 15.4. The van der Waals surface area contributed by atoms with Gasteiger partial charge in [0.05, 0.1) is 49.8 Å². The highest BCUT2D eigenvalue weighted by atomic mass is 16.5. The van der Waals surface area contributed by atoms with E-state index in [9.17, 15) is 14.7 Å². The summed E-state index contributed by atoms with van der Waals surface area (Å²) in [6.07, 6.45) is 1.39. The molecule has 0 atom stereocenters. The van der Waals surface area contributed by atoms with Crippen molar-refractivity contribution in [1.29, 1.82) is 0 Å². The average molecular weight is 398 g/mol. The summed E-state index contributed by atoms with van der Waals surface area (Å²) in [7, 11) is 1.53. The van der Waals surface area contributed by atoms with Crippen LogP contribution in [0.25, 0.3) is 22.2 Å². The first-order valence-corrected chi connectivity index (χ1v) is 9.19. The normalized spacial score (nSPS) is 10.7. The first-order valence-electron chi connectivity index (χ1n) is 9.19. The van der Waals surface area contributed by atoms with Crippen molar-refractivity contribution >= 4 is 22.8 Å². The van der Waals surface area contributed by atoms with Crippen molar-refractivity contribution in [3.63, 3.8) is 0 Å². The molecule has 152 valence electrons. The Labute approximate surface area is 167 Å². The number of methoxy groups -OCH3 is 1. The Morgan fingerprint density at radius 2 is 1.86 bits per heavy atom. The fraction of sp³-hybridized carbons (Fsp3) is 0.286. The van der Waals surface area contributed by atoms with Gasteiger partial charge in [-0.25, -0.2) is 4.79 Å². The van der Waals surface area contributed by atoms with Gasteiger partial charge in [-0.05, 0) is 38.1 Å². The highest BCUT2D eigenvalue weighted by Crippen LogP contribution is 2.39. The van der Waals surface area contributed by atoms with E-state index in [1.165, 1.54) is 19.4 Å². The van der Waals surface area contributed by atoms with Gasteiger partial charge in [-0.1, -0.05) is 0 Å². The molecule has 2 heterocycles. The fourth-order valence-corrected chi connectivity index (χ4v) is 3.16. The highest BCUT2D eigenvalue weighted by Gasteiger charge is 2.26. The maximum atomic E-state index is 12.8. The Hall–Kier alpha value is -3.55. The number of phenols is 1. The van der Waals surface area contributed by atoms with Gasteiger partial charge in [-0.3, -0.25) is 9.78 Å². The molecule has 2 aromatic heterocycles. The van der Waals surface area contributed by atoms with Crippen molar-refractivity contribution in [3.8, 4) is 22.8 Å². The molecule has 0 fully saturated rings. The van der Waals surface area contributed by atoms with Crippen LogP contribution in [0.4, 0.5) is 0 Å². The summed E-state index contributed by atoms with van der Waals surface area (Å²) >= 11 is 0. The number of esters is 2. The molecule has 8 heteroatoms. The number of aromatic amines is 1. The number of hydrogen-bond donors (Lipinski definition) is 2. The minimum absolute atomic E-state index is 0.0533. The van der Waals surface area contributed by atoms with Crippen LogP contribution in [-0.4, -0.2) is 47.3 Å². The summed E-state index contributed by atoms with van der Waals surface area (Å²) in [4.78, 5) is 32.2. The first kappa shape index (κ1) is 20.2. The molecular formula is C21H22N2O6. The average Bonchev–Trinajstić information content (AvgIpc) is 3.06. The SMILES string of the molecule is CCOC(=O)Cc1[nH]c2ccc(O)c(-c3ccc(OC)cn3)c2c1C(=O)OCC. The van der Waals surface area contributed by atoms with Gasteiger partial charge < -0.3 is 24.3 Å². The van der Waals surface area contributed by atoms with E-state index in [1.807, 2.05) is 0 Å². The molecule has 0 unspecified atom stereocenters. The zero-order valence-corrected chi connectivity index (χ0v) is 16.4. The molecule has 0 aliphatic heterocycles.